The molecule has 1 atom stereocenters. The normalized spacial score (nSPS) is 16.4. The quantitative estimate of drug-likeness (QED) is 0.869. The van der Waals surface area contributed by atoms with E-state index in [0.29, 0.717) is 5.57 Å². The molecule has 24 heavy (non-hydrogen) atoms. The van der Waals surface area contributed by atoms with Crippen molar-refractivity contribution in [2.45, 2.75) is 12.8 Å². The van der Waals surface area contributed by atoms with Crippen LogP contribution < -0.4 is 0 Å². The lowest BCUT2D eigenvalue weighted by Crippen LogP contribution is -2.25. The number of para-hydroxylation sites is 1. The second-order valence-corrected chi connectivity index (χ2v) is 5.13. The third-order valence-electron chi connectivity index (χ3n) is 3.65. The van der Waals surface area contributed by atoms with Gasteiger partial charge in [-0.05, 0) is 25.1 Å². The average molecular weight is 320 g/mol. The summed E-state index contributed by atoms with van der Waals surface area (Å²) >= 11 is 0. The van der Waals surface area contributed by atoms with Crippen LogP contribution in [-0.4, -0.2) is 27.4 Å². The Balaban J connectivity index is 1.94. The molecule has 1 aliphatic rings. The zero-order valence-electron chi connectivity index (χ0n) is 13.2. The number of carbonyl (C=O) groups is 1. The molecule has 0 N–H and O–H groups in total. The number of amides is 1. The number of allylic oxidation sites excluding steroid dienone is 2. The summed E-state index contributed by atoms with van der Waals surface area (Å²) in [7, 11) is 0. The van der Waals surface area contributed by atoms with Crippen molar-refractivity contribution < 1.29 is 9.53 Å². The molecule has 0 radical (unpaired) electrons. The number of benzene rings is 1. The van der Waals surface area contributed by atoms with Crippen LogP contribution in [0.25, 0.3) is 5.69 Å². The first-order valence-corrected chi connectivity index (χ1v) is 7.59. The second kappa shape index (κ2) is 6.84. The van der Waals surface area contributed by atoms with Gasteiger partial charge in [0.2, 0.25) is 0 Å². The highest BCUT2D eigenvalue weighted by molar-refractivity contribution is 5.71. The first kappa shape index (κ1) is 15.6. The van der Waals surface area contributed by atoms with Crippen LogP contribution >= 0.6 is 0 Å². The van der Waals surface area contributed by atoms with Crippen LogP contribution in [0.3, 0.4) is 0 Å². The fourth-order valence-corrected chi connectivity index (χ4v) is 2.56. The number of nitriles is 1. The molecule has 0 bridgehead atoms. The topological polar surface area (TPSA) is 71.2 Å². The van der Waals surface area contributed by atoms with Crippen molar-refractivity contribution in [3.8, 4) is 11.8 Å². The predicted molar refractivity (Wildman–Crippen MR) is 88.0 cm³/mol. The average Bonchev–Trinajstić information content (AvgIpc) is 3.11. The number of rotatable bonds is 3. The number of hydrogen-bond acceptors (Lipinski definition) is 4. The Bertz CT molecular complexity index is 830. The number of aromatic nitrogens is 2. The first-order chi connectivity index (χ1) is 11.7. The Morgan fingerprint density at radius 1 is 1.33 bits per heavy atom. The molecule has 2 heterocycles. The highest BCUT2D eigenvalue weighted by Gasteiger charge is 2.25. The molecular formula is C18H16N4O2. The number of nitrogens with zero attached hydrogens (tertiary/aromatic N) is 4. The van der Waals surface area contributed by atoms with Crippen molar-refractivity contribution in [3.05, 3.63) is 72.3 Å². The van der Waals surface area contributed by atoms with E-state index in [9.17, 15) is 10.1 Å². The van der Waals surface area contributed by atoms with Gasteiger partial charge in [-0.15, -0.1) is 0 Å². The Morgan fingerprint density at radius 2 is 2.12 bits per heavy atom. The van der Waals surface area contributed by atoms with Gasteiger partial charge in [-0.3, -0.25) is 4.90 Å². The van der Waals surface area contributed by atoms with Crippen LogP contribution in [0.5, 0.6) is 0 Å². The summed E-state index contributed by atoms with van der Waals surface area (Å²) in [6.07, 6.45) is 6.11. The summed E-state index contributed by atoms with van der Waals surface area (Å²) in [5.74, 6) is -0.275. The van der Waals surface area contributed by atoms with Gasteiger partial charge in [0.05, 0.1) is 35.5 Å². The zero-order valence-corrected chi connectivity index (χ0v) is 13.2. The molecule has 0 saturated carbocycles. The maximum atomic E-state index is 11.8. The summed E-state index contributed by atoms with van der Waals surface area (Å²) < 4.78 is 6.75. The molecule has 3 rings (SSSR count). The lowest BCUT2D eigenvalue weighted by atomic mass is 9.95. The summed E-state index contributed by atoms with van der Waals surface area (Å²) in [4.78, 5) is 13.1. The summed E-state index contributed by atoms with van der Waals surface area (Å²) in [6, 6.07) is 13.7. The zero-order chi connectivity index (χ0) is 16.9. The third kappa shape index (κ3) is 2.92. The fraction of sp³-hybridized carbons (Fsp3) is 0.167. The van der Waals surface area contributed by atoms with Crippen molar-refractivity contribution in [2.24, 2.45) is 0 Å². The maximum Gasteiger partial charge on any atom is 0.417 e. The van der Waals surface area contributed by atoms with Crippen molar-refractivity contribution in [1.29, 1.82) is 5.26 Å². The Kier molecular flexibility index (Phi) is 4.43. The molecule has 0 fully saturated rings. The molecule has 1 aromatic heterocycles. The van der Waals surface area contributed by atoms with Gasteiger partial charge in [-0.25, -0.2) is 9.48 Å². The summed E-state index contributed by atoms with van der Waals surface area (Å²) in [5, 5.41) is 13.8. The molecule has 6 heteroatoms. The molecule has 1 aliphatic heterocycles. The van der Waals surface area contributed by atoms with Gasteiger partial charge in [0, 0.05) is 18.6 Å². The Hall–Kier alpha value is -3.33. The standard InChI is InChI=1S/C18H16N4O2/c1-2-24-18(23)21-11-9-16(14(12-19)13-21)17-8-10-20-22(17)15-6-4-3-5-7-15/h3-11,13,16H,2H2,1H3. The fourth-order valence-electron chi connectivity index (χ4n) is 2.56. The van der Waals surface area contributed by atoms with Crippen LogP contribution in [0.2, 0.25) is 0 Å². The largest absolute Gasteiger partial charge is 0.449 e. The van der Waals surface area contributed by atoms with Gasteiger partial charge >= 0.3 is 6.09 Å². The second-order valence-electron chi connectivity index (χ2n) is 5.13. The molecule has 1 unspecified atom stereocenters. The van der Waals surface area contributed by atoms with Crippen LogP contribution in [0.15, 0.2) is 66.6 Å². The van der Waals surface area contributed by atoms with Crippen molar-refractivity contribution in [2.75, 3.05) is 6.61 Å². The molecule has 0 saturated heterocycles. The van der Waals surface area contributed by atoms with Gasteiger partial charge < -0.3 is 4.74 Å². The van der Waals surface area contributed by atoms with Crippen molar-refractivity contribution in [1.82, 2.24) is 14.7 Å². The Labute approximate surface area is 139 Å². The third-order valence-corrected chi connectivity index (χ3v) is 3.65. The monoisotopic (exact) mass is 320 g/mol. The van der Waals surface area contributed by atoms with E-state index < -0.39 is 6.09 Å². The smallest absolute Gasteiger partial charge is 0.417 e. The first-order valence-electron chi connectivity index (χ1n) is 7.59. The highest BCUT2D eigenvalue weighted by Crippen LogP contribution is 2.30. The lowest BCUT2D eigenvalue weighted by Gasteiger charge is -2.22. The molecule has 6 nitrogen and oxygen atoms in total. The van der Waals surface area contributed by atoms with E-state index in [2.05, 4.69) is 11.2 Å². The van der Waals surface area contributed by atoms with Gasteiger partial charge in [0.25, 0.3) is 0 Å². The summed E-state index contributed by atoms with van der Waals surface area (Å²) in [5.41, 5.74) is 2.22. The van der Waals surface area contributed by atoms with Crippen LogP contribution in [0.1, 0.15) is 18.5 Å². The van der Waals surface area contributed by atoms with E-state index in [1.165, 1.54) is 11.1 Å². The van der Waals surface area contributed by atoms with Crippen LogP contribution in [0, 0.1) is 11.3 Å². The molecule has 0 spiro atoms. The summed E-state index contributed by atoms with van der Waals surface area (Å²) in [6.45, 7) is 2.02. The highest BCUT2D eigenvalue weighted by atomic mass is 16.5. The Morgan fingerprint density at radius 3 is 2.83 bits per heavy atom. The molecule has 120 valence electrons. The van der Waals surface area contributed by atoms with Gasteiger partial charge in [-0.1, -0.05) is 24.3 Å². The predicted octanol–water partition coefficient (Wildman–Crippen LogP) is 3.35. The van der Waals surface area contributed by atoms with Gasteiger partial charge in [0.15, 0.2) is 0 Å². The minimum atomic E-state index is -0.503. The van der Waals surface area contributed by atoms with Crippen LogP contribution in [0.4, 0.5) is 4.79 Å². The van der Waals surface area contributed by atoms with Crippen molar-refractivity contribution in [3.63, 3.8) is 0 Å². The van der Waals surface area contributed by atoms with E-state index in [1.807, 2.05) is 36.4 Å². The molecule has 1 aromatic carbocycles. The minimum absolute atomic E-state index is 0.275. The molecule has 1 amide bonds. The molecular weight excluding hydrogens is 304 g/mol. The van der Waals surface area contributed by atoms with E-state index >= 15 is 0 Å². The van der Waals surface area contributed by atoms with E-state index in [0.717, 1.165) is 11.4 Å². The van der Waals surface area contributed by atoms with Gasteiger partial charge in [0.1, 0.15) is 0 Å². The van der Waals surface area contributed by atoms with Crippen molar-refractivity contribution >= 4 is 6.09 Å². The van der Waals surface area contributed by atoms with E-state index in [1.54, 1.807) is 30.1 Å². The van der Waals surface area contributed by atoms with E-state index in [4.69, 9.17) is 4.74 Å². The lowest BCUT2D eigenvalue weighted by molar-refractivity contribution is 0.133. The molecule has 2 aromatic rings. The number of carbonyl (C=O) groups excluding carboxylic acids is 1. The van der Waals surface area contributed by atoms with Gasteiger partial charge in [-0.2, -0.15) is 10.4 Å². The SMILES string of the molecule is CCOC(=O)N1C=CC(c2ccnn2-c2ccccc2)C(C#N)=C1. The molecule has 0 aliphatic carbocycles. The maximum absolute atomic E-state index is 11.8. The minimum Gasteiger partial charge on any atom is -0.449 e. The van der Waals surface area contributed by atoms with E-state index in [-0.39, 0.29) is 12.5 Å². The van der Waals surface area contributed by atoms with Crippen LogP contribution in [-0.2, 0) is 4.74 Å². The number of ether oxygens (including phenoxy) is 1. The number of hydrogen-bond donors (Lipinski definition) is 0.